The third-order valence-electron chi connectivity index (χ3n) is 2.72. The SMILES string of the molecule is O=C(Nc1cccc2cccnc12)c1ccc[nH]1. The summed E-state index contributed by atoms with van der Waals surface area (Å²) in [5, 5.41) is 3.86. The fourth-order valence-electron chi connectivity index (χ4n) is 1.87. The van der Waals surface area contributed by atoms with Gasteiger partial charge in [-0.25, -0.2) is 0 Å². The van der Waals surface area contributed by atoms with Crippen LogP contribution in [0.15, 0.2) is 54.9 Å². The third-order valence-corrected chi connectivity index (χ3v) is 2.72. The number of para-hydroxylation sites is 1. The number of carbonyl (C=O) groups excluding carboxylic acids is 1. The normalized spacial score (nSPS) is 10.4. The van der Waals surface area contributed by atoms with Crippen molar-refractivity contribution in [1.82, 2.24) is 9.97 Å². The van der Waals surface area contributed by atoms with E-state index in [2.05, 4.69) is 15.3 Å². The minimum atomic E-state index is -0.168. The highest BCUT2D eigenvalue weighted by Gasteiger charge is 2.08. The van der Waals surface area contributed by atoms with Crippen LogP contribution in [0.3, 0.4) is 0 Å². The monoisotopic (exact) mass is 237 g/mol. The van der Waals surface area contributed by atoms with Gasteiger partial charge in [0.25, 0.3) is 5.91 Å². The maximum atomic E-state index is 11.9. The van der Waals surface area contributed by atoms with Crippen LogP contribution in [0.25, 0.3) is 10.9 Å². The van der Waals surface area contributed by atoms with Crippen LogP contribution in [0.2, 0.25) is 0 Å². The van der Waals surface area contributed by atoms with E-state index in [1.807, 2.05) is 30.3 Å². The molecule has 0 fully saturated rings. The van der Waals surface area contributed by atoms with Gasteiger partial charge in [0, 0.05) is 17.8 Å². The van der Waals surface area contributed by atoms with Gasteiger partial charge in [0.05, 0.1) is 11.2 Å². The number of H-pyrrole nitrogens is 1. The highest BCUT2D eigenvalue weighted by molar-refractivity contribution is 6.07. The van der Waals surface area contributed by atoms with Crippen molar-refractivity contribution in [2.75, 3.05) is 5.32 Å². The highest BCUT2D eigenvalue weighted by Crippen LogP contribution is 2.20. The van der Waals surface area contributed by atoms with Crippen LogP contribution in [-0.2, 0) is 0 Å². The predicted octanol–water partition coefficient (Wildman–Crippen LogP) is 2.82. The van der Waals surface area contributed by atoms with Gasteiger partial charge in [-0.3, -0.25) is 9.78 Å². The highest BCUT2D eigenvalue weighted by atomic mass is 16.1. The Bertz CT molecular complexity index is 684. The number of anilines is 1. The molecule has 88 valence electrons. The summed E-state index contributed by atoms with van der Waals surface area (Å²) in [5.74, 6) is -0.168. The first-order chi connectivity index (χ1) is 8.84. The van der Waals surface area contributed by atoms with E-state index in [0.717, 1.165) is 10.9 Å². The number of benzene rings is 1. The van der Waals surface area contributed by atoms with Crippen LogP contribution in [0.5, 0.6) is 0 Å². The lowest BCUT2D eigenvalue weighted by Gasteiger charge is -2.06. The Balaban J connectivity index is 1.98. The number of amides is 1. The predicted molar refractivity (Wildman–Crippen MR) is 70.5 cm³/mol. The average molecular weight is 237 g/mol. The molecule has 18 heavy (non-hydrogen) atoms. The molecule has 0 aliphatic heterocycles. The van der Waals surface area contributed by atoms with E-state index in [4.69, 9.17) is 0 Å². The summed E-state index contributed by atoms with van der Waals surface area (Å²) < 4.78 is 0. The van der Waals surface area contributed by atoms with Gasteiger partial charge in [-0.15, -0.1) is 0 Å². The van der Waals surface area contributed by atoms with Crippen molar-refractivity contribution in [2.24, 2.45) is 0 Å². The molecule has 1 aromatic carbocycles. The van der Waals surface area contributed by atoms with Gasteiger partial charge in [-0.05, 0) is 24.3 Å². The fourth-order valence-corrected chi connectivity index (χ4v) is 1.87. The molecule has 3 aromatic rings. The quantitative estimate of drug-likeness (QED) is 0.720. The number of nitrogens with one attached hydrogen (secondary N) is 2. The number of nitrogens with zero attached hydrogens (tertiary/aromatic N) is 1. The molecule has 4 heteroatoms. The molecule has 2 aromatic heterocycles. The molecule has 0 saturated heterocycles. The van der Waals surface area contributed by atoms with Gasteiger partial charge < -0.3 is 10.3 Å². The first kappa shape index (κ1) is 10.5. The minimum Gasteiger partial charge on any atom is -0.357 e. The lowest BCUT2D eigenvalue weighted by atomic mass is 10.2. The molecule has 2 N–H and O–H groups in total. The molecule has 2 heterocycles. The number of rotatable bonds is 2. The number of aromatic amines is 1. The first-order valence-corrected chi connectivity index (χ1v) is 5.63. The first-order valence-electron chi connectivity index (χ1n) is 5.63. The van der Waals surface area contributed by atoms with Gasteiger partial charge in [0.2, 0.25) is 0 Å². The number of hydrogen-bond donors (Lipinski definition) is 2. The van der Waals surface area contributed by atoms with Crippen LogP contribution >= 0.6 is 0 Å². The van der Waals surface area contributed by atoms with Crippen LogP contribution in [0.4, 0.5) is 5.69 Å². The van der Waals surface area contributed by atoms with Crippen molar-refractivity contribution in [3.05, 3.63) is 60.6 Å². The Labute approximate surface area is 104 Å². The van der Waals surface area contributed by atoms with E-state index in [0.29, 0.717) is 11.4 Å². The van der Waals surface area contributed by atoms with Crippen LogP contribution < -0.4 is 5.32 Å². The third kappa shape index (κ3) is 1.84. The number of hydrogen-bond acceptors (Lipinski definition) is 2. The summed E-state index contributed by atoms with van der Waals surface area (Å²) in [5.41, 5.74) is 2.04. The van der Waals surface area contributed by atoms with Gasteiger partial charge >= 0.3 is 0 Å². The van der Waals surface area contributed by atoms with Gasteiger partial charge in [-0.2, -0.15) is 0 Å². The van der Waals surface area contributed by atoms with E-state index in [1.54, 1.807) is 24.5 Å². The molecule has 0 unspecified atom stereocenters. The summed E-state index contributed by atoms with van der Waals surface area (Å²) >= 11 is 0. The van der Waals surface area contributed by atoms with Crippen LogP contribution in [0, 0.1) is 0 Å². The van der Waals surface area contributed by atoms with Crippen molar-refractivity contribution in [3.63, 3.8) is 0 Å². The Morgan fingerprint density at radius 2 is 2.00 bits per heavy atom. The van der Waals surface area contributed by atoms with E-state index < -0.39 is 0 Å². The maximum absolute atomic E-state index is 11.9. The molecule has 4 nitrogen and oxygen atoms in total. The van der Waals surface area contributed by atoms with Crippen LogP contribution in [0.1, 0.15) is 10.5 Å². The molecule has 1 amide bonds. The Morgan fingerprint density at radius 1 is 1.11 bits per heavy atom. The summed E-state index contributed by atoms with van der Waals surface area (Å²) in [7, 11) is 0. The number of pyridine rings is 1. The molecule has 0 spiro atoms. The van der Waals surface area contributed by atoms with Crippen molar-refractivity contribution < 1.29 is 4.79 Å². The second-order valence-electron chi connectivity index (χ2n) is 3.92. The molecule has 0 radical (unpaired) electrons. The van der Waals surface area contributed by atoms with Gasteiger partial charge in [0.1, 0.15) is 5.69 Å². The Morgan fingerprint density at radius 3 is 2.83 bits per heavy atom. The molecule has 0 atom stereocenters. The molecule has 0 aliphatic rings. The number of aromatic nitrogens is 2. The average Bonchev–Trinajstić information content (AvgIpc) is 2.93. The van der Waals surface area contributed by atoms with E-state index >= 15 is 0 Å². The molecule has 0 bridgehead atoms. The zero-order chi connectivity index (χ0) is 12.4. The summed E-state index contributed by atoms with van der Waals surface area (Å²) in [6.45, 7) is 0. The minimum absolute atomic E-state index is 0.168. The molecule has 0 saturated carbocycles. The lowest BCUT2D eigenvalue weighted by Crippen LogP contribution is -2.12. The molecular weight excluding hydrogens is 226 g/mol. The second kappa shape index (κ2) is 4.33. The van der Waals surface area contributed by atoms with Crippen molar-refractivity contribution in [3.8, 4) is 0 Å². The maximum Gasteiger partial charge on any atom is 0.272 e. The van der Waals surface area contributed by atoms with Gasteiger partial charge in [0.15, 0.2) is 0 Å². The topological polar surface area (TPSA) is 57.8 Å². The van der Waals surface area contributed by atoms with Gasteiger partial charge in [-0.1, -0.05) is 18.2 Å². The summed E-state index contributed by atoms with van der Waals surface area (Å²) in [6, 6.07) is 13.1. The largest absolute Gasteiger partial charge is 0.357 e. The number of fused-ring (bicyclic) bond motifs is 1. The lowest BCUT2D eigenvalue weighted by molar-refractivity contribution is 0.102. The standard InChI is InChI=1S/C14H11N3O/c18-14(12-7-3-8-15-12)17-11-6-1-4-10-5-2-9-16-13(10)11/h1-9,15H,(H,17,18). The number of carbonyl (C=O) groups is 1. The smallest absolute Gasteiger partial charge is 0.272 e. The van der Waals surface area contributed by atoms with E-state index in [1.165, 1.54) is 0 Å². The van der Waals surface area contributed by atoms with Crippen molar-refractivity contribution in [2.45, 2.75) is 0 Å². The summed E-state index contributed by atoms with van der Waals surface area (Å²) in [4.78, 5) is 19.1. The molecule has 0 aliphatic carbocycles. The zero-order valence-corrected chi connectivity index (χ0v) is 9.55. The molecule has 3 rings (SSSR count). The van der Waals surface area contributed by atoms with Crippen molar-refractivity contribution >= 4 is 22.5 Å². The van der Waals surface area contributed by atoms with E-state index in [9.17, 15) is 4.79 Å². The van der Waals surface area contributed by atoms with Crippen molar-refractivity contribution in [1.29, 1.82) is 0 Å². The Kier molecular flexibility index (Phi) is 2.53. The second-order valence-corrected chi connectivity index (χ2v) is 3.92. The van der Waals surface area contributed by atoms with E-state index in [-0.39, 0.29) is 5.91 Å². The Hall–Kier alpha value is -2.62. The zero-order valence-electron chi connectivity index (χ0n) is 9.55. The van der Waals surface area contributed by atoms with Crippen LogP contribution in [-0.4, -0.2) is 15.9 Å². The molecular formula is C14H11N3O. The fraction of sp³-hybridized carbons (Fsp3) is 0. The summed E-state index contributed by atoms with van der Waals surface area (Å²) in [6.07, 6.45) is 3.43.